The molecule has 2 atom stereocenters. The fraction of sp³-hybridized carbons (Fsp3) is 0.188. The van der Waals surface area contributed by atoms with E-state index in [9.17, 15) is 5.11 Å². The Morgan fingerprint density at radius 2 is 1.82 bits per heavy atom. The van der Waals surface area contributed by atoms with Crippen LogP contribution in [0.15, 0.2) is 48.5 Å². The highest BCUT2D eigenvalue weighted by atomic mass is 35.5. The van der Waals surface area contributed by atoms with E-state index in [-0.39, 0.29) is 6.04 Å². The second-order valence-electron chi connectivity index (χ2n) is 4.87. The molecule has 0 spiro atoms. The van der Waals surface area contributed by atoms with Crippen molar-refractivity contribution in [3.63, 3.8) is 0 Å². The highest BCUT2D eigenvalue weighted by Gasteiger charge is 2.17. The number of nitrogens with one attached hydrogen (secondary N) is 2. The summed E-state index contributed by atoms with van der Waals surface area (Å²) in [4.78, 5) is 0. The van der Waals surface area contributed by atoms with Crippen LogP contribution in [0.25, 0.3) is 0 Å². The van der Waals surface area contributed by atoms with Crippen molar-refractivity contribution in [1.29, 1.82) is 0 Å². The van der Waals surface area contributed by atoms with Gasteiger partial charge in [-0.05, 0) is 42.9 Å². The van der Waals surface area contributed by atoms with Gasteiger partial charge in [-0.25, -0.2) is 0 Å². The number of benzene rings is 2. The van der Waals surface area contributed by atoms with E-state index < -0.39 is 6.10 Å². The van der Waals surface area contributed by atoms with Crippen molar-refractivity contribution < 1.29 is 5.11 Å². The third kappa shape index (κ3) is 4.58. The number of anilines is 1. The Labute approximate surface area is 145 Å². The van der Waals surface area contributed by atoms with Gasteiger partial charge in [-0.15, -0.1) is 0 Å². The highest BCUT2D eigenvalue weighted by Crippen LogP contribution is 2.25. The van der Waals surface area contributed by atoms with Crippen LogP contribution < -0.4 is 10.6 Å². The summed E-state index contributed by atoms with van der Waals surface area (Å²) in [5, 5.41) is 17.8. The average molecular weight is 355 g/mol. The largest absolute Gasteiger partial charge is 0.386 e. The molecular formula is C16H16Cl2N2OS. The van der Waals surface area contributed by atoms with Crippen LogP contribution in [-0.4, -0.2) is 16.3 Å². The lowest BCUT2D eigenvalue weighted by molar-refractivity contribution is 0.145. The lowest BCUT2D eigenvalue weighted by atomic mass is 10.0. The first-order valence-electron chi connectivity index (χ1n) is 6.73. The van der Waals surface area contributed by atoms with Crippen LogP contribution in [0.3, 0.4) is 0 Å². The average Bonchev–Trinajstić information content (AvgIpc) is 2.50. The maximum absolute atomic E-state index is 10.3. The molecule has 3 N–H and O–H groups in total. The fourth-order valence-electron chi connectivity index (χ4n) is 1.97. The summed E-state index contributed by atoms with van der Waals surface area (Å²) in [6.07, 6.45) is -0.665. The zero-order valence-corrected chi connectivity index (χ0v) is 14.2. The molecule has 0 aliphatic heterocycles. The van der Waals surface area contributed by atoms with Gasteiger partial charge < -0.3 is 15.7 Å². The van der Waals surface area contributed by atoms with Crippen LogP contribution in [-0.2, 0) is 0 Å². The predicted octanol–water partition coefficient (Wildman–Crippen LogP) is 4.40. The van der Waals surface area contributed by atoms with Gasteiger partial charge in [0.2, 0.25) is 0 Å². The Morgan fingerprint density at radius 1 is 1.14 bits per heavy atom. The van der Waals surface area contributed by atoms with E-state index in [0.29, 0.717) is 20.8 Å². The van der Waals surface area contributed by atoms with Gasteiger partial charge in [0.15, 0.2) is 5.11 Å². The van der Waals surface area contributed by atoms with Crippen molar-refractivity contribution in [2.75, 3.05) is 5.32 Å². The van der Waals surface area contributed by atoms with Crippen molar-refractivity contribution in [1.82, 2.24) is 5.32 Å². The summed E-state index contributed by atoms with van der Waals surface area (Å²) in [6.45, 7) is 1.86. The van der Waals surface area contributed by atoms with Gasteiger partial charge in [-0.1, -0.05) is 53.5 Å². The Morgan fingerprint density at radius 3 is 2.45 bits per heavy atom. The maximum atomic E-state index is 10.3. The first kappa shape index (κ1) is 17.0. The number of rotatable bonds is 4. The molecule has 0 heterocycles. The van der Waals surface area contributed by atoms with Gasteiger partial charge >= 0.3 is 0 Å². The Bertz CT molecular complexity index is 652. The highest BCUT2D eigenvalue weighted by molar-refractivity contribution is 7.80. The van der Waals surface area contributed by atoms with Crippen LogP contribution in [0.2, 0.25) is 10.0 Å². The van der Waals surface area contributed by atoms with Gasteiger partial charge in [0, 0.05) is 5.02 Å². The zero-order chi connectivity index (χ0) is 16.1. The van der Waals surface area contributed by atoms with Crippen LogP contribution in [0.4, 0.5) is 5.69 Å². The fourth-order valence-corrected chi connectivity index (χ4v) is 2.73. The monoisotopic (exact) mass is 354 g/mol. The van der Waals surface area contributed by atoms with Crippen molar-refractivity contribution in [3.05, 3.63) is 64.1 Å². The van der Waals surface area contributed by atoms with E-state index in [1.165, 1.54) is 0 Å². The first-order valence-corrected chi connectivity index (χ1v) is 7.89. The third-order valence-electron chi connectivity index (χ3n) is 3.15. The first-order chi connectivity index (χ1) is 10.5. The molecule has 0 unspecified atom stereocenters. The summed E-state index contributed by atoms with van der Waals surface area (Å²) in [6, 6.07) is 14.3. The zero-order valence-electron chi connectivity index (χ0n) is 11.9. The van der Waals surface area contributed by atoms with Crippen LogP contribution in [0, 0.1) is 0 Å². The lowest BCUT2D eigenvalue weighted by Gasteiger charge is -2.22. The Hall–Kier alpha value is -1.33. The summed E-state index contributed by atoms with van der Waals surface area (Å²) < 4.78 is 0. The standard InChI is InChI=1S/C16H16Cl2N2OS/c1-10(15(21)11-5-3-2-4-6-11)19-16(22)20-14-8-7-12(17)9-13(14)18/h2-10,15,21H,1H3,(H2,19,20,22)/t10-,15-/m0/s1. The third-order valence-corrected chi connectivity index (χ3v) is 3.92. The van der Waals surface area contributed by atoms with Gasteiger partial charge in [0.05, 0.1) is 22.9 Å². The second-order valence-corrected chi connectivity index (χ2v) is 6.12. The normalized spacial score (nSPS) is 13.3. The molecule has 0 bridgehead atoms. The molecule has 2 aromatic rings. The van der Waals surface area contributed by atoms with E-state index >= 15 is 0 Å². The molecule has 0 amide bonds. The molecule has 3 nitrogen and oxygen atoms in total. The molecule has 0 aliphatic rings. The molecule has 0 saturated carbocycles. The molecular weight excluding hydrogens is 339 g/mol. The Kier molecular flexibility index (Phi) is 6.03. The molecule has 0 aliphatic carbocycles. The molecule has 6 heteroatoms. The minimum Gasteiger partial charge on any atom is -0.386 e. The summed E-state index contributed by atoms with van der Waals surface area (Å²) in [5.41, 5.74) is 1.49. The molecule has 2 aromatic carbocycles. The molecule has 22 heavy (non-hydrogen) atoms. The Balaban J connectivity index is 1.96. The van der Waals surface area contributed by atoms with Crippen molar-refractivity contribution in [3.8, 4) is 0 Å². The number of hydrogen-bond acceptors (Lipinski definition) is 2. The molecule has 0 saturated heterocycles. The second kappa shape index (κ2) is 7.79. The molecule has 0 fully saturated rings. The van der Waals surface area contributed by atoms with Crippen molar-refractivity contribution in [2.45, 2.75) is 19.1 Å². The SMILES string of the molecule is C[C@H](NC(=S)Nc1ccc(Cl)cc1Cl)[C@H](O)c1ccccc1. The minimum absolute atomic E-state index is 0.256. The maximum Gasteiger partial charge on any atom is 0.171 e. The van der Waals surface area contributed by atoms with E-state index in [4.69, 9.17) is 35.4 Å². The number of halogens is 2. The number of aliphatic hydroxyl groups is 1. The van der Waals surface area contributed by atoms with Gasteiger partial charge in [-0.2, -0.15) is 0 Å². The van der Waals surface area contributed by atoms with E-state index in [1.54, 1.807) is 18.2 Å². The smallest absolute Gasteiger partial charge is 0.171 e. The van der Waals surface area contributed by atoms with Crippen molar-refractivity contribution >= 4 is 46.2 Å². The van der Waals surface area contributed by atoms with E-state index in [0.717, 1.165) is 5.56 Å². The quantitative estimate of drug-likeness (QED) is 0.712. The molecule has 0 radical (unpaired) electrons. The van der Waals surface area contributed by atoms with Crippen LogP contribution in [0.1, 0.15) is 18.6 Å². The molecule has 0 aromatic heterocycles. The van der Waals surface area contributed by atoms with Gasteiger partial charge in [-0.3, -0.25) is 0 Å². The van der Waals surface area contributed by atoms with Gasteiger partial charge in [0.25, 0.3) is 0 Å². The number of thiocarbonyl (C=S) groups is 1. The summed E-state index contributed by atoms with van der Waals surface area (Å²) in [5.74, 6) is 0. The number of hydrogen-bond donors (Lipinski definition) is 3. The van der Waals surface area contributed by atoms with Gasteiger partial charge in [0.1, 0.15) is 0 Å². The molecule has 116 valence electrons. The topological polar surface area (TPSA) is 44.3 Å². The summed E-state index contributed by atoms with van der Waals surface area (Å²) in [7, 11) is 0. The summed E-state index contributed by atoms with van der Waals surface area (Å²) >= 11 is 17.2. The van der Waals surface area contributed by atoms with Crippen LogP contribution in [0.5, 0.6) is 0 Å². The van der Waals surface area contributed by atoms with Crippen LogP contribution >= 0.6 is 35.4 Å². The van der Waals surface area contributed by atoms with E-state index in [1.807, 2.05) is 37.3 Å². The predicted molar refractivity (Wildman–Crippen MR) is 96.7 cm³/mol. The molecule has 2 rings (SSSR count). The minimum atomic E-state index is -0.665. The number of aliphatic hydroxyl groups excluding tert-OH is 1. The van der Waals surface area contributed by atoms with E-state index in [2.05, 4.69) is 10.6 Å². The lowest BCUT2D eigenvalue weighted by Crippen LogP contribution is -2.39. The van der Waals surface area contributed by atoms with Crippen molar-refractivity contribution in [2.24, 2.45) is 0 Å².